The molecule has 2 atom stereocenters. The molecule has 0 fully saturated rings. The van der Waals surface area contributed by atoms with E-state index in [0.29, 0.717) is 22.9 Å². The summed E-state index contributed by atoms with van der Waals surface area (Å²) in [6.45, 7) is 14.7. The number of hydrogen-bond donors (Lipinski definition) is 2. The minimum Gasteiger partial charge on any atom is -0.479 e. The van der Waals surface area contributed by atoms with Crippen LogP contribution in [0.3, 0.4) is 0 Å². The predicted octanol–water partition coefficient (Wildman–Crippen LogP) is 7.60. The summed E-state index contributed by atoms with van der Waals surface area (Å²) in [7, 11) is 0. The number of halogens is 1. The minimum atomic E-state index is -1.06. The van der Waals surface area contributed by atoms with Crippen LogP contribution in [0.5, 0.6) is 5.75 Å². The molecule has 2 N–H and O–H groups in total. The lowest BCUT2D eigenvalue weighted by atomic mass is 9.86. The molecule has 3 aromatic carbocycles. The summed E-state index contributed by atoms with van der Waals surface area (Å²) in [6, 6.07) is 19.5. The number of ether oxygens (including phenoxy) is 1. The molecule has 210 valence electrons. The summed E-state index contributed by atoms with van der Waals surface area (Å²) in [4.78, 5) is 24.4. The zero-order chi connectivity index (χ0) is 29.4. The summed E-state index contributed by atoms with van der Waals surface area (Å²) in [5.74, 6) is -0.843. The van der Waals surface area contributed by atoms with Gasteiger partial charge >= 0.3 is 5.97 Å². The number of nitrogens with zero attached hydrogens (tertiary/aromatic N) is 1. The van der Waals surface area contributed by atoms with E-state index >= 15 is 0 Å². The molecule has 6 nitrogen and oxygen atoms in total. The molecule has 0 aliphatic rings. The molecule has 0 bridgehead atoms. The second-order valence-electron chi connectivity index (χ2n) is 11.5. The van der Waals surface area contributed by atoms with Crippen LogP contribution in [0.1, 0.15) is 79.0 Å². The number of carboxylic acids is 1. The summed E-state index contributed by atoms with van der Waals surface area (Å²) in [6.07, 6.45) is -1.01. The standard InChI is InChI=1S/C33H37ClN2O4/c1-19-21(3)36(18-23-8-14-28(34)30(16-23)40-22(4)32(38)39)29-15-11-25(17-27(19)29)31(37)35-20(2)24-9-12-26(13-10-24)33(5,6)7/h8-17,20,22H,18H2,1-7H3,(H,35,37)(H,38,39)/t20-,22-/m1/s1. The summed E-state index contributed by atoms with van der Waals surface area (Å²) >= 11 is 6.26. The third kappa shape index (κ3) is 6.18. The number of aromatic nitrogens is 1. The van der Waals surface area contributed by atoms with Gasteiger partial charge in [-0.1, -0.05) is 62.7 Å². The number of benzene rings is 3. The highest BCUT2D eigenvalue weighted by molar-refractivity contribution is 6.32. The number of carboxylic acid groups (broad SMARTS) is 1. The van der Waals surface area contributed by atoms with E-state index in [1.54, 1.807) is 12.1 Å². The van der Waals surface area contributed by atoms with Gasteiger partial charge in [-0.25, -0.2) is 4.79 Å². The fourth-order valence-electron chi connectivity index (χ4n) is 4.79. The van der Waals surface area contributed by atoms with Crippen molar-refractivity contribution >= 4 is 34.4 Å². The van der Waals surface area contributed by atoms with Gasteiger partial charge in [0.05, 0.1) is 11.1 Å². The summed E-state index contributed by atoms with van der Waals surface area (Å²) in [5, 5.41) is 13.7. The van der Waals surface area contributed by atoms with Gasteiger partial charge in [0.1, 0.15) is 5.75 Å². The largest absolute Gasteiger partial charge is 0.479 e. The first kappa shape index (κ1) is 29.2. The summed E-state index contributed by atoms with van der Waals surface area (Å²) < 4.78 is 7.73. The quantitative estimate of drug-likeness (QED) is 0.232. The lowest BCUT2D eigenvalue weighted by Crippen LogP contribution is -2.26. The number of amides is 1. The Morgan fingerprint density at radius 3 is 2.30 bits per heavy atom. The van der Waals surface area contributed by atoms with Crippen LogP contribution in [0.2, 0.25) is 5.02 Å². The Labute approximate surface area is 240 Å². The van der Waals surface area contributed by atoms with Crippen molar-refractivity contribution in [1.82, 2.24) is 9.88 Å². The van der Waals surface area contributed by atoms with Crippen LogP contribution in [0.15, 0.2) is 60.7 Å². The van der Waals surface area contributed by atoms with Crippen molar-refractivity contribution in [2.24, 2.45) is 0 Å². The van der Waals surface area contributed by atoms with E-state index in [2.05, 4.69) is 68.8 Å². The van der Waals surface area contributed by atoms with Gasteiger partial charge < -0.3 is 19.7 Å². The van der Waals surface area contributed by atoms with Gasteiger partial charge in [0.15, 0.2) is 6.10 Å². The first-order valence-corrected chi connectivity index (χ1v) is 13.8. The fourth-order valence-corrected chi connectivity index (χ4v) is 4.95. The Bertz CT molecular complexity index is 1560. The van der Waals surface area contributed by atoms with Crippen molar-refractivity contribution < 1.29 is 19.4 Å². The normalized spacial score (nSPS) is 13.2. The number of hydrogen-bond acceptors (Lipinski definition) is 3. The molecule has 0 saturated carbocycles. The Kier molecular flexibility index (Phi) is 8.31. The lowest BCUT2D eigenvalue weighted by Gasteiger charge is -2.21. The zero-order valence-electron chi connectivity index (χ0n) is 24.1. The minimum absolute atomic E-state index is 0.0787. The van der Waals surface area contributed by atoms with E-state index in [1.165, 1.54) is 12.5 Å². The molecule has 7 heteroatoms. The van der Waals surface area contributed by atoms with Gasteiger partial charge in [-0.3, -0.25) is 4.79 Å². The number of carbonyl (C=O) groups is 2. The molecule has 0 aliphatic carbocycles. The van der Waals surface area contributed by atoms with Crippen LogP contribution in [0, 0.1) is 13.8 Å². The third-order valence-electron chi connectivity index (χ3n) is 7.51. The Morgan fingerprint density at radius 1 is 1.00 bits per heavy atom. The predicted molar refractivity (Wildman–Crippen MR) is 161 cm³/mol. The van der Waals surface area contributed by atoms with Crippen LogP contribution in [0.4, 0.5) is 0 Å². The number of nitrogens with one attached hydrogen (secondary N) is 1. The number of aryl methyl sites for hydroxylation is 1. The van der Waals surface area contributed by atoms with Gasteiger partial charge in [-0.05, 0) is 85.7 Å². The fraction of sp³-hybridized carbons (Fsp3) is 0.333. The highest BCUT2D eigenvalue weighted by Gasteiger charge is 2.19. The highest BCUT2D eigenvalue weighted by atomic mass is 35.5. The SMILES string of the molecule is Cc1c(C)n(Cc2ccc(Cl)c(O[C@H](C)C(=O)O)c2)c2ccc(C(=O)N[C@H](C)c3ccc(C(C)(C)C)cc3)cc12. The average molecular weight is 561 g/mol. The van der Waals surface area contributed by atoms with E-state index in [1.807, 2.05) is 31.2 Å². The summed E-state index contributed by atoms with van der Waals surface area (Å²) in [5.41, 5.74) is 7.11. The van der Waals surface area contributed by atoms with Crippen molar-refractivity contribution in [3.8, 4) is 5.75 Å². The maximum Gasteiger partial charge on any atom is 0.344 e. The monoisotopic (exact) mass is 560 g/mol. The van der Waals surface area contributed by atoms with E-state index in [4.69, 9.17) is 16.3 Å². The molecule has 4 rings (SSSR count). The molecule has 40 heavy (non-hydrogen) atoms. The van der Waals surface area contributed by atoms with Gasteiger partial charge in [0, 0.05) is 28.7 Å². The van der Waals surface area contributed by atoms with Gasteiger partial charge in [0.25, 0.3) is 5.91 Å². The van der Waals surface area contributed by atoms with Gasteiger partial charge in [-0.2, -0.15) is 0 Å². The smallest absolute Gasteiger partial charge is 0.344 e. The second kappa shape index (κ2) is 11.4. The lowest BCUT2D eigenvalue weighted by molar-refractivity contribution is -0.144. The Hall–Kier alpha value is -3.77. The van der Waals surface area contributed by atoms with E-state index < -0.39 is 12.1 Å². The number of fused-ring (bicyclic) bond motifs is 1. The molecular formula is C33H37ClN2O4. The van der Waals surface area contributed by atoms with Gasteiger partial charge in [0.2, 0.25) is 0 Å². The number of aliphatic carboxylic acids is 1. The van der Waals surface area contributed by atoms with Crippen molar-refractivity contribution in [2.75, 3.05) is 0 Å². The maximum absolute atomic E-state index is 13.2. The van der Waals surface area contributed by atoms with Crippen LogP contribution in [-0.4, -0.2) is 27.7 Å². The van der Waals surface area contributed by atoms with Crippen LogP contribution in [0.25, 0.3) is 10.9 Å². The first-order valence-electron chi connectivity index (χ1n) is 13.4. The van der Waals surface area contributed by atoms with Crippen molar-refractivity contribution in [1.29, 1.82) is 0 Å². The topological polar surface area (TPSA) is 80.6 Å². The zero-order valence-corrected chi connectivity index (χ0v) is 24.9. The number of carbonyl (C=O) groups excluding carboxylic acids is 1. The van der Waals surface area contributed by atoms with Crippen molar-refractivity contribution in [3.63, 3.8) is 0 Å². The first-order chi connectivity index (χ1) is 18.8. The van der Waals surface area contributed by atoms with E-state index in [0.717, 1.165) is 33.3 Å². The third-order valence-corrected chi connectivity index (χ3v) is 7.83. The molecule has 0 spiro atoms. The van der Waals surface area contributed by atoms with E-state index in [9.17, 15) is 14.7 Å². The Balaban J connectivity index is 1.56. The molecule has 0 saturated heterocycles. The molecule has 4 aromatic rings. The van der Waals surface area contributed by atoms with Crippen LogP contribution in [-0.2, 0) is 16.8 Å². The molecule has 0 radical (unpaired) electrons. The molecule has 0 aliphatic heterocycles. The maximum atomic E-state index is 13.2. The van der Waals surface area contributed by atoms with E-state index in [-0.39, 0.29) is 17.4 Å². The Morgan fingerprint density at radius 2 is 1.68 bits per heavy atom. The average Bonchev–Trinajstić information content (AvgIpc) is 3.14. The molecule has 1 aromatic heterocycles. The molecular weight excluding hydrogens is 524 g/mol. The van der Waals surface area contributed by atoms with Gasteiger partial charge in [-0.15, -0.1) is 0 Å². The van der Waals surface area contributed by atoms with Crippen molar-refractivity contribution in [2.45, 2.75) is 72.6 Å². The number of rotatable bonds is 8. The van der Waals surface area contributed by atoms with Crippen LogP contribution < -0.4 is 10.1 Å². The molecule has 1 heterocycles. The molecule has 0 unspecified atom stereocenters. The second-order valence-corrected chi connectivity index (χ2v) is 11.9. The van der Waals surface area contributed by atoms with Crippen molar-refractivity contribution in [3.05, 3.63) is 99.2 Å². The highest BCUT2D eigenvalue weighted by Crippen LogP contribution is 2.31. The van der Waals surface area contributed by atoms with Crippen LogP contribution >= 0.6 is 11.6 Å². The molecule has 1 amide bonds.